The second kappa shape index (κ2) is 8.95. The van der Waals surface area contributed by atoms with Crippen molar-refractivity contribution in [2.75, 3.05) is 11.3 Å². The number of ether oxygens (including phenoxy) is 1. The third kappa shape index (κ3) is 4.68. The summed E-state index contributed by atoms with van der Waals surface area (Å²) in [5.41, 5.74) is 3.28. The number of H-pyrrole nitrogens is 1. The maximum absolute atomic E-state index is 13.0. The minimum atomic E-state index is -3.85. The summed E-state index contributed by atoms with van der Waals surface area (Å²) in [6.07, 6.45) is 1.51. The zero-order valence-corrected chi connectivity index (χ0v) is 20.4. The highest BCUT2D eigenvalue weighted by molar-refractivity contribution is 7.92. The third-order valence-corrected chi connectivity index (χ3v) is 6.87. The molecule has 0 spiro atoms. The molecule has 0 aliphatic carbocycles. The Morgan fingerprint density at radius 2 is 1.74 bits per heavy atom. The number of nitrogens with zero attached hydrogens (tertiary/aromatic N) is 1. The molecule has 2 aromatic carbocycles. The van der Waals surface area contributed by atoms with Gasteiger partial charge in [0.15, 0.2) is 0 Å². The number of sulfonamides is 1. The van der Waals surface area contributed by atoms with Crippen LogP contribution in [0.4, 0.5) is 5.82 Å². The van der Waals surface area contributed by atoms with Gasteiger partial charge in [-0.25, -0.2) is 18.2 Å². The van der Waals surface area contributed by atoms with Crippen molar-refractivity contribution in [3.05, 3.63) is 78.1 Å². The largest absolute Gasteiger partial charge is 0.461 e. The van der Waals surface area contributed by atoms with Gasteiger partial charge in [0.25, 0.3) is 10.0 Å². The van der Waals surface area contributed by atoms with Crippen LogP contribution in [0, 0.1) is 0 Å². The molecule has 4 rings (SSSR count). The molecule has 0 fully saturated rings. The SMILES string of the molecule is CCOC(=O)c1[nH]c2cnc(NS(=O)(=O)c3ccc(C(C)(C)C)cc3)cc2c1-c1ccccc1. The van der Waals surface area contributed by atoms with Crippen LogP contribution >= 0.6 is 0 Å². The number of carbonyl (C=O) groups is 1. The first-order valence-electron chi connectivity index (χ1n) is 11.0. The number of benzene rings is 2. The number of aromatic amines is 1. The van der Waals surface area contributed by atoms with Gasteiger partial charge in [-0.05, 0) is 41.7 Å². The van der Waals surface area contributed by atoms with Crippen LogP contribution in [-0.2, 0) is 20.2 Å². The molecule has 0 bridgehead atoms. The first kappa shape index (κ1) is 23.5. The molecule has 176 valence electrons. The van der Waals surface area contributed by atoms with Gasteiger partial charge in [-0.15, -0.1) is 0 Å². The lowest BCUT2D eigenvalue weighted by Crippen LogP contribution is -2.15. The van der Waals surface area contributed by atoms with Crippen LogP contribution in [0.1, 0.15) is 43.7 Å². The fourth-order valence-corrected chi connectivity index (χ4v) is 4.74. The summed E-state index contributed by atoms with van der Waals surface area (Å²) in [7, 11) is -3.85. The van der Waals surface area contributed by atoms with Gasteiger partial charge in [-0.1, -0.05) is 63.2 Å². The van der Waals surface area contributed by atoms with Crippen molar-refractivity contribution in [1.29, 1.82) is 0 Å². The Balaban J connectivity index is 1.75. The molecular formula is C26H27N3O4S. The number of fused-ring (bicyclic) bond motifs is 1. The van der Waals surface area contributed by atoms with Gasteiger partial charge >= 0.3 is 5.97 Å². The average Bonchev–Trinajstić information content (AvgIpc) is 3.18. The Morgan fingerprint density at radius 3 is 2.35 bits per heavy atom. The molecule has 0 aliphatic heterocycles. The van der Waals surface area contributed by atoms with Crippen LogP contribution in [0.25, 0.3) is 22.0 Å². The number of aromatic nitrogens is 2. The Kier molecular flexibility index (Phi) is 6.18. The van der Waals surface area contributed by atoms with Crippen LogP contribution in [0.2, 0.25) is 0 Å². The minimum absolute atomic E-state index is 0.0823. The summed E-state index contributed by atoms with van der Waals surface area (Å²) in [6, 6.07) is 17.8. The van der Waals surface area contributed by atoms with E-state index in [9.17, 15) is 13.2 Å². The standard InChI is InChI=1S/C26H27N3O4S/c1-5-33-25(30)24-23(17-9-7-6-8-10-17)20-15-22(27-16-21(20)28-24)29-34(31,32)19-13-11-18(12-14-19)26(2,3)4/h6-16,28H,5H2,1-4H3,(H,27,29). The Labute approximate surface area is 199 Å². The molecule has 0 saturated heterocycles. The van der Waals surface area contributed by atoms with E-state index in [1.165, 1.54) is 6.20 Å². The second-order valence-corrected chi connectivity index (χ2v) is 10.6. The Morgan fingerprint density at radius 1 is 1.06 bits per heavy atom. The number of hydrogen-bond acceptors (Lipinski definition) is 5. The van der Waals surface area contributed by atoms with Crippen LogP contribution < -0.4 is 4.72 Å². The predicted octanol–water partition coefficient (Wildman–Crippen LogP) is 5.50. The van der Waals surface area contributed by atoms with Gasteiger partial charge in [-0.3, -0.25) is 4.72 Å². The molecule has 8 heteroatoms. The van der Waals surface area contributed by atoms with E-state index in [1.807, 2.05) is 42.5 Å². The molecule has 0 aliphatic rings. The lowest BCUT2D eigenvalue weighted by atomic mass is 9.87. The Hall–Kier alpha value is -3.65. The van der Waals surface area contributed by atoms with Gasteiger partial charge in [0.2, 0.25) is 0 Å². The summed E-state index contributed by atoms with van der Waals surface area (Å²) in [4.78, 5) is 20.1. The summed E-state index contributed by atoms with van der Waals surface area (Å²) >= 11 is 0. The van der Waals surface area contributed by atoms with Crippen LogP contribution in [0.3, 0.4) is 0 Å². The highest BCUT2D eigenvalue weighted by Gasteiger charge is 2.22. The fraction of sp³-hybridized carbons (Fsp3) is 0.231. The van der Waals surface area contributed by atoms with E-state index in [0.29, 0.717) is 22.2 Å². The van der Waals surface area contributed by atoms with Crippen LogP contribution in [0.5, 0.6) is 0 Å². The topological polar surface area (TPSA) is 101 Å². The van der Waals surface area contributed by atoms with E-state index >= 15 is 0 Å². The maximum atomic E-state index is 13.0. The minimum Gasteiger partial charge on any atom is -0.461 e. The predicted molar refractivity (Wildman–Crippen MR) is 133 cm³/mol. The van der Waals surface area contributed by atoms with Crippen molar-refractivity contribution >= 4 is 32.7 Å². The molecule has 0 amide bonds. The van der Waals surface area contributed by atoms with E-state index in [2.05, 4.69) is 35.5 Å². The van der Waals surface area contributed by atoms with E-state index < -0.39 is 16.0 Å². The van der Waals surface area contributed by atoms with Crippen molar-refractivity contribution in [2.24, 2.45) is 0 Å². The number of rotatable bonds is 6. The highest BCUT2D eigenvalue weighted by Crippen LogP contribution is 2.34. The zero-order valence-electron chi connectivity index (χ0n) is 19.5. The smallest absolute Gasteiger partial charge is 0.355 e. The molecule has 0 saturated carbocycles. The van der Waals surface area contributed by atoms with Crippen molar-refractivity contribution in [3.8, 4) is 11.1 Å². The quantitative estimate of drug-likeness (QED) is 0.357. The van der Waals surface area contributed by atoms with Crippen molar-refractivity contribution in [2.45, 2.75) is 38.0 Å². The molecule has 0 unspecified atom stereocenters. The number of anilines is 1. The van der Waals surface area contributed by atoms with Gasteiger partial charge in [0.05, 0.1) is 23.2 Å². The number of nitrogens with one attached hydrogen (secondary N) is 2. The van der Waals surface area contributed by atoms with E-state index in [4.69, 9.17) is 4.74 Å². The monoisotopic (exact) mass is 477 g/mol. The summed E-state index contributed by atoms with van der Waals surface area (Å²) in [5, 5.41) is 0.657. The van der Waals surface area contributed by atoms with Crippen LogP contribution in [0.15, 0.2) is 71.8 Å². The highest BCUT2D eigenvalue weighted by atomic mass is 32.2. The van der Waals surface area contributed by atoms with Gasteiger partial charge < -0.3 is 9.72 Å². The third-order valence-electron chi connectivity index (χ3n) is 5.49. The van der Waals surface area contributed by atoms with Crippen molar-refractivity contribution in [3.63, 3.8) is 0 Å². The van der Waals surface area contributed by atoms with E-state index in [-0.39, 0.29) is 22.7 Å². The van der Waals surface area contributed by atoms with Crippen molar-refractivity contribution < 1.29 is 17.9 Å². The fourth-order valence-electron chi connectivity index (χ4n) is 3.74. The lowest BCUT2D eigenvalue weighted by Gasteiger charge is -2.19. The summed E-state index contributed by atoms with van der Waals surface area (Å²) < 4.78 is 33.8. The van der Waals surface area contributed by atoms with Gasteiger partial charge in [-0.2, -0.15) is 0 Å². The Bertz CT molecular complexity index is 1440. The number of esters is 1. The molecule has 2 heterocycles. The maximum Gasteiger partial charge on any atom is 0.355 e. The number of hydrogen-bond donors (Lipinski definition) is 2. The molecule has 0 atom stereocenters. The van der Waals surface area contributed by atoms with Gasteiger partial charge in [0, 0.05) is 10.9 Å². The molecule has 7 nitrogen and oxygen atoms in total. The van der Waals surface area contributed by atoms with E-state index in [1.54, 1.807) is 25.1 Å². The molecule has 34 heavy (non-hydrogen) atoms. The first-order valence-corrected chi connectivity index (χ1v) is 12.5. The molecular weight excluding hydrogens is 450 g/mol. The lowest BCUT2D eigenvalue weighted by molar-refractivity contribution is 0.0521. The first-order chi connectivity index (χ1) is 16.1. The zero-order chi connectivity index (χ0) is 24.5. The summed E-state index contributed by atoms with van der Waals surface area (Å²) in [5.74, 6) is -0.336. The van der Waals surface area contributed by atoms with E-state index in [0.717, 1.165) is 11.1 Å². The summed E-state index contributed by atoms with van der Waals surface area (Å²) in [6.45, 7) is 8.18. The molecule has 2 aromatic heterocycles. The van der Waals surface area contributed by atoms with Crippen LogP contribution in [-0.4, -0.2) is 31.0 Å². The molecule has 2 N–H and O–H groups in total. The number of carbonyl (C=O) groups excluding carboxylic acids is 1. The average molecular weight is 478 g/mol. The normalized spacial score (nSPS) is 12.0. The molecule has 0 radical (unpaired) electrons. The number of pyridine rings is 1. The van der Waals surface area contributed by atoms with Crippen molar-refractivity contribution in [1.82, 2.24) is 9.97 Å². The van der Waals surface area contributed by atoms with Gasteiger partial charge in [0.1, 0.15) is 11.5 Å². The molecule has 4 aromatic rings. The second-order valence-electron chi connectivity index (χ2n) is 8.96.